The highest BCUT2D eigenvalue weighted by molar-refractivity contribution is 5.47. The number of aromatic nitrogens is 2. The van der Waals surface area contributed by atoms with Crippen molar-refractivity contribution in [2.75, 3.05) is 30.3 Å². The largest absolute Gasteiger partial charge is 0.396 e. The molecule has 1 rings (SSSR count). The summed E-state index contributed by atoms with van der Waals surface area (Å²) in [6, 6.07) is 1.91. The molecule has 1 aromatic heterocycles. The van der Waals surface area contributed by atoms with Gasteiger partial charge < -0.3 is 15.7 Å². The second-order valence-corrected chi connectivity index (χ2v) is 3.84. The molecule has 5 nitrogen and oxygen atoms in total. The van der Waals surface area contributed by atoms with E-state index in [9.17, 15) is 0 Å². The molecule has 0 aliphatic rings. The van der Waals surface area contributed by atoms with E-state index < -0.39 is 0 Å². The second-order valence-electron chi connectivity index (χ2n) is 3.84. The summed E-state index contributed by atoms with van der Waals surface area (Å²) in [7, 11) is 0. The molecule has 0 fully saturated rings. The van der Waals surface area contributed by atoms with E-state index in [1.807, 2.05) is 13.0 Å². The first-order chi connectivity index (χ1) is 8.30. The summed E-state index contributed by atoms with van der Waals surface area (Å²) < 4.78 is 0. The molecule has 1 heterocycles. The number of aryl methyl sites for hydroxylation is 1. The molecular formula is C12H22N4O. The number of hydrogen-bond donors (Lipinski definition) is 3. The van der Waals surface area contributed by atoms with E-state index in [4.69, 9.17) is 5.11 Å². The van der Waals surface area contributed by atoms with Crippen molar-refractivity contribution in [1.29, 1.82) is 0 Å². The molecule has 0 aliphatic heterocycles. The van der Waals surface area contributed by atoms with Crippen molar-refractivity contribution in [3.63, 3.8) is 0 Å². The number of rotatable bonds is 8. The summed E-state index contributed by atoms with van der Waals surface area (Å²) in [6.07, 6.45) is 2.61. The maximum Gasteiger partial charge on any atom is 0.132 e. The molecule has 17 heavy (non-hydrogen) atoms. The first-order valence-corrected chi connectivity index (χ1v) is 6.26. The van der Waals surface area contributed by atoms with E-state index in [0.29, 0.717) is 0 Å². The Morgan fingerprint density at radius 3 is 2.29 bits per heavy atom. The topological polar surface area (TPSA) is 70.1 Å². The Morgan fingerprint density at radius 2 is 1.76 bits per heavy atom. The van der Waals surface area contributed by atoms with Crippen molar-refractivity contribution in [3.05, 3.63) is 11.9 Å². The zero-order chi connectivity index (χ0) is 12.5. The third kappa shape index (κ3) is 4.99. The number of hydrogen-bond acceptors (Lipinski definition) is 5. The van der Waals surface area contributed by atoms with Gasteiger partial charge in [-0.1, -0.05) is 13.8 Å². The quantitative estimate of drug-likeness (QED) is 0.601. The third-order valence-electron chi connectivity index (χ3n) is 2.29. The van der Waals surface area contributed by atoms with Crippen LogP contribution < -0.4 is 10.6 Å². The molecule has 0 unspecified atom stereocenters. The highest BCUT2D eigenvalue weighted by Gasteiger charge is 2.02. The molecule has 0 amide bonds. The molecule has 3 N–H and O–H groups in total. The number of aliphatic hydroxyl groups is 1. The molecule has 0 aromatic carbocycles. The monoisotopic (exact) mass is 238 g/mol. The van der Waals surface area contributed by atoms with Crippen LogP contribution in [0, 0.1) is 0 Å². The van der Waals surface area contributed by atoms with E-state index in [0.717, 1.165) is 49.8 Å². The van der Waals surface area contributed by atoms with Gasteiger partial charge in [0.2, 0.25) is 0 Å². The Kier molecular flexibility index (Phi) is 6.32. The van der Waals surface area contributed by atoms with E-state index in [2.05, 4.69) is 27.5 Å². The lowest BCUT2D eigenvalue weighted by molar-refractivity contribution is 0.292. The lowest BCUT2D eigenvalue weighted by Crippen LogP contribution is -2.10. The van der Waals surface area contributed by atoms with Gasteiger partial charge in [-0.05, 0) is 12.8 Å². The van der Waals surface area contributed by atoms with Crippen LogP contribution in [-0.4, -0.2) is 34.8 Å². The fraction of sp³-hybridized carbons (Fsp3) is 0.667. The van der Waals surface area contributed by atoms with Crippen molar-refractivity contribution in [2.45, 2.75) is 33.1 Å². The molecule has 1 aromatic rings. The fourth-order valence-corrected chi connectivity index (χ4v) is 1.38. The second kappa shape index (κ2) is 7.84. The lowest BCUT2D eigenvalue weighted by Gasteiger charge is -2.10. The minimum Gasteiger partial charge on any atom is -0.396 e. The van der Waals surface area contributed by atoms with Crippen LogP contribution >= 0.6 is 0 Å². The SMILES string of the molecule is CCCNc1cc(NCCCO)nc(CC)n1. The van der Waals surface area contributed by atoms with Crippen molar-refractivity contribution < 1.29 is 5.11 Å². The van der Waals surface area contributed by atoms with Gasteiger partial charge >= 0.3 is 0 Å². The standard InChI is InChI=1S/C12H22N4O/c1-3-6-13-11-9-12(14-7-5-8-17)16-10(4-2)15-11/h9,17H,3-8H2,1-2H3,(H2,13,14,15,16). The maximum atomic E-state index is 8.73. The van der Waals surface area contributed by atoms with E-state index in [1.165, 1.54) is 0 Å². The summed E-state index contributed by atoms with van der Waals surface area (Å²) in [5.41, 5.74) is 0. The van der Waals surface area contributed by atoms with Gasteiger partial charge in [0.15, 0.2) is 0 Å². The molecule has 0 radical (unpaired) electrons. The van der Waals surface area contributed by atoms with Gasteiger partial charge in [-0.2, -0.15) is 0 Å². The van der Waals surface area contributed by atoms with Crippen LogP contribution in [0.5, 0.6) is 0 Å². The van der Waals surface area contributed by atoms with Crippen LogP contribution in [-0.2, 0) is 6.42 Å². The normalized spacial score (nSPS) is 10.3. The first kappa shape index (κ1) is 13.7. The molecule has 5 heteroatoms. The van der Waals surface area contributed by atoms with Crippen molar-refractivity contribution in [1.82, 2.24) is 9.97 Å². The predicted octanol–water partition coefficient (Wildman–Crippen LogP) is 1.66. The molecular weight excluding hydrogens is 216 g/mol. The van der Waals surface area contributed by atoms with Gasteiger partial charge in [0, 0.05) is 32.2 Å². The molecule has 0 saturated heterocycles. The van der Waals surface area contributed by atoms with Crippen molar-refractivity contribution in [3.8, 4) is 0 Å². The van der Waals surface area contributed by atoms with Crippen LogP contribution in [0.15, 0.2) is 6.07 Å². The van der Waals surface area contributed by atoms with E-state index >= 15 is 0 Å². The molecule has 0 bridgehead atoms. The van der Waals surface area contributed by atoms with Crippen LogP contribution in [0.1, 0.15) is 32.5 Å². The highest BCUT2D eigenvalue weighted by atomic mass is 16.3. The van der Waals surface area contributed by atoms with Gasteiger partial charge in [0.1, 0.15) is 17.5 Å². The zero-order valence-electron chi connectivity index (χ0n) is 10.7. The number of nitrogens with zero attached hydrogens (tertiary/aromatic N) is 2. The predicted molar refractivity (Wildman–Crippen MR) is 70.4 cm³/mol. The van der Waals surface area contributed by atoms with Gasteiger partial charge in [-0.3, -0.25) is 0 Å². The Labute approximate surface area is 103 Å². The molecule has 0 aliphatic carbocycles. The van der Waals surface area contributed by atoms with Crippen LogP contribution in [0.3, 0.4) is 0 Å². The Bertz CT molecular complexity index is 330. The van der Waals surface area contributed by atoms with Crippen LogP contribution in [0.2, 0.25) is 0 Å². The number of anilines is 2. The Balaban J connectivity index is 2.67. The smallest absolute Gasteiger partial charge is 0.132 e. The maximum absolute atomic E-state index is 8.73. The highest BCUT2D eigenvalue weighted by Crippen LogP contribution is 2.11. The van der Waals surface area contributed by atoms with E-state index in [1.54, 1.807) is 0 Å². The molecule has 0 saturated carbocycles. The summed E-state index contributed by atoms with van der Waals surface area (Å²) in [5.74, 6) is 2.52. The number of nitrogens with one attached hydrogen (secondary N) is 2. The average molecular weight is 238 g/mol. The van der Waals surface area contributed by atoms with Gasteiger partial charge in [-0.25, -0.2) is 9.97 Å². The minimum absolute atomic E-state index is 0.194. The average Bonchev–Trinajstić information content (AvgIpc) is 2.36. The molecule has 96 valence electrons. The lowest BCUT2D eigenvalue weighted by atomic mass is 10.4. The summed E-state index contributed by atoms with van der Waals surface area (Å²) >= 11 is 0. The van der Waals surface area contributed by atoms with Gasteiger partial charge in [0.25, 0.3) is 0 Å². The van der Waals surface area contributed by atoms with Crippen LogP contribution in [0.25, 0.3) is 0 Å². The summed E-state index contributed by atoms with van der Waals surface area (Å²) in [6.45, 7) is 5.99. The fourth-order valence-electron chi connectivity index (χ4n) is 1.38. The Morgan fingerprint density at radius 1 is 1.12 bits per heavy atom. The first-order valence-electron chi connectivity index (χ1n) is 6.26. The van der Waals surface area contributed by atoms with E-state index in [-0.39, 0.29) is 6.61 Å². The zero-order valence-corrected chi connectivity index (χ0v) is 10.7. The Hall–Kier alpha value is -1.36. The minimum atomic E-state index is 0.194. The molecule has 0 atom stereocenters. The molecule has 0 spiro atoms. The van der Waals surface area contributed by atoms with Crippen molar-refractivity contribution >= 4 is 11.6 Å². The number of aliphatic hydroxyl groups excluding tert-OH is 1. The van der Waals surface area contributed by atoms with Gasteiger partial charge in [-0.15, -0.1) is 0 Å². The van der Waals surface area contributed by atoms with Gasteiger partial charge in [0.05, 0.1) is 0 Å². The van der Waals surface area contributed by atoms with Crippen LogP contribution in [0.4, 0.5) is 11.6 Å². The van der Waals surface area contributed by atoms with Crippen molar-refractivity contribution in [2.24, 2.45) is 0 Å². The third-order valence-corrected chi connectivity index (χ3v) is 2.29. The summed E-state index contributed by atoms with van der Waals surface area (Å²) in [4.78, 5) is 8.79. The summed E-state index contributed by atoms with van der Waals surface area (Å²) in [5, 5.41) is 15.2.